The van der Waals surface area contributed by atoms with E-state index >= 15 is 0 Å². The molecule has 9 nitrogen and oxygen atoms in total. The van der Waals surface area contributed by atoms with Gasteiger partial charge in [-0.1, -0.05) is 30.3 Å². The van der Waals surface area contributed by atoms with E-state index in [9.17, 15) is 29.7 Å². The predicted octanol–water partition coefficient (Wildman–Crippen LogP) is 2.19. The number of phenols is 1. The van der Waals surface area contributed by atoms with E-state index in [0.29, 0.717) is 5.39 Å². The first-order valence-corrected chi connectivity index (χ1v) is 8.73. The fourth-order valence-electron chi connectivity index (χ4n) is 2.80. The Morgan fingerprint density at radius 2 is 1.77 bits per heavy atom. The molecular formula is C21H17NO8. The highest BCUT2D eigenvalue weighted by Crippen LogP contribution is 2.29. The number of aliphatic carboxylic acids is 2. The Kier molecular flexibility index (Phi) is 5.82. The number of aliphatic imine (C=N–C) groups is 1. The maximum Gasteiger partial charge on any atom is 0.343 e. The van der Waals surface area contributed by atoms with E-state index in [2.05, 4.69) is 4.99 Å². The molecule has 154 valence electrons. The van der Waals surface area contributed by atoms with E-state index in [1.54, 1.807) is 24.3 Å². The Hall–Kier alpha value is -4.14. The maximum atomic E-state index is 11.9. The summed E-state index contributed by atoms with van der Waals surface area (Å²) >= 11 is 0. The van der Waals surface area contributed by atoms with Crippen molar-refractivity contribution in [1.82, 2.24) is 0 Å². The molecule has 0 unspecified atom stereocenters. The number of phenolic OH excluding ortho intramolecular Hbond substituents is 1. The Morgan fingerprint density at radius 1 is 1.07 bits per heavy atom. The van der Waals surface area contributed by atoms with Gasteiger partial charge in [-0.3, -0.25) is 0 Å². The molecule has 0 radical (unpaired) electrons. The van der Waals surface area contributed by atoms with Crippen molar-refractivity contribution in [3.05, 3.63) is 76.1 Å². The molecular weight excluding hydrogens is 394 g/mol. The minimum absolute atomic E-state index is 0.00126. The minimum Gasteiger partial charge on any atom is -0.508 e. The zero-order chi connectivity index (χ0) is 21.7. The normalized spacial score (nSPS) is 11.6. The van der Waals surface area contributed by atoms with E-state index in [-0.39, 0.29) is 17.8 Å². The van der Waals surface area contributed by atoms with Crippen molar-refractivity contribution in [3.8, 4) is 5.75 Å². The van der Waals surface area contributed by atoms with Crippen molar-refractivity contribution in [2.24, 2.45) is 4.99 Å². The molecule has 3 rings (SSSR count). The highest BCUT2D eigenvalue weighted by molar-refractivity contribution is 6.04. The number of nitrogens with zero attached hydrogens (tertiary/aromatic N) is 1. The van der Waals surface area contributed by atoms with Crippen LogP contribution >= 0.6 is 0 Å². The van der Waals surface area contributed by atoms with Gasteiger partial charge < -0.3 is 24.5 Å². The summed E-state index contributed by atoms with van der Waals surface area (Å²) in [6.45, 7) is 0.0694. The van der Waals surface area contributed by atoms with Crippen LogP contribution in [-0.4, -0.2) is 39.2 Å². The Bertz CT molecular complexity index is 1150. The molecule has 0 fully saturated rings. The summed E-state index contributed by atoms with van der Waals surface area (Å²) in [6, 6.07) is 14.0. The van der Waals surface area contributed by atoms with Gasteiger partial charge in [0.15, 0.2) is 6.40 Å². The Morgan fingerprint density at radius 3 is 2.43 bits per heavy atom. The van der Waals surface area contributed by atoms with E-state index < -0.39 is 35.3 Å². The predicted molar refractivity (Wildman–Crippen MR) is 106 cm³/mol. The lowest BCUT2D eigenvalue weighted by Gasteiger charge is -2.21. The first-order valence-electron chi connectivity index (χ1n) is 8.73. The molecule has 0 spiro atoms. The molecule has 0 amide bonds. The second-order valence-corrected chi connectivity index (χ2v) is 6.45. The number of carbonyl (C=O) groups is 2. The third-order valence-corrected chi connectivity index (χ3v) is 4.41. The number of aromatic hydroxyl groups is 1. The van der Waals surface area contributed by atoms with Crippen molar-refractivity contribution in [1.29, 1.82) is 0 Å². The quantitative estimate of drug-likeness (QED) is 0.221. The number of hydrogen-bond acceptors (Lipinski definition) is 7. The van der Waals surface area contributed by atoms with Gasteiger partial charge in [0.1, 0.15) is 17.9 Å². The fourth-order valence-corrected chi connectivity index (χ4v) is 2.80. The zero-order valence-corrected chi connectivity index (χ0v) is 15.5. The standard InChI is InChI=1S/C21H17NO8/c23-16-9-17-14(6-7-18(24)30-17)8-15(16)10-21(19(25)26,20(27)28)22-12-29-11-13-4-2-1-3-5-13/h1-9,12,23H,10-11H2,(H,25,26)(H,27,28). The molecule has 0 bridgehead atoms. The molecule has 0 aliphatic carbocycles. The van der Waals surface area contributed by atoms with Crippen molar-refractivity contribution in [3.63, 3.8) is 0 Å². The summed E-state index contributed by atoms with van der Waals surface area (Å²) in [6.07, 6.45) is 0.121. The van der Waals surface area contributed by atoms with Crippen LogP contribution in [0.4, 0.5) is 0 Å². The molecule has 0 saturated carbocycles. The molecule has 9 heteroatoms. The van der Waals surface area contributed by atoms with Gasteiger partial charge in [0, 0.05) is 23.9 Å². The number of benzene rings is 2. The Balaban J connectivity index is 1.91. The fraction of sp³-hybridized carbons (Fsp3) is 0.143. The van der Waals surface area contributed by atoms with Crippen LogP contribution in [0.25, 0.3) is 11.0 Å². The molecule has 30 heavy (non-hydrogen) atoms. The first-order chi connectivity index (χ1) is 14.3. The van der Waals surface area contributed by atoms with Crippen LogP contribution in [0, 0.1) is 0 Å². The number of hydrogen-bond donors (Lipinski definition) is 3. The molecule has 0 atom stereocenters. The van der Waals surface area contributed by atoms with Gasteiger partial charge in [-0.05, 0) is 23.3 Å². The average Bonchev–Trinajstić information content (AvgIpc) is 2.71. The summed E-state index contributed by atoms with van der Waals surface area (Å²) in [5.41, 5.74) is -2.39. The summed E-state index contributed by atoms with van der Waals surface area (Å²) in [5, 5.41) is 29.8. The van der Waals surface area contributed by atoms with Crippen molar-refractivity contribution in [2.75, 3.05) is 0 Å². The number of ether oxygens (including phenoxy) is 1. The molecule has 3 N–H and O–H groups in total. The average molecular weight is 411 g/mol. The van der Waals surface area contributed by atoms with Gasteiger partial charge in [-0.15, -0.1) is 0 Å². The van der Waals surface area contributed by atoms with Crippen LogP contribution in [0.2, 0.25) is 0 Å². The monoisotopic (exact) mass is 411 g/mol. The summed E-state index contributed by atoms with van der Waals surface area (Å²) in [7, 11) is 0. The number of carboxylic acids is 2. The molecule has 2 aromatic carbocycles. The van der Waals surface area contributed by atoms with Gasteiger partial charge in [-0.25, -0.2) is 19.4 Å². The van der Waals surface area contributed by atoms with E-state index in [1.165, 1.54) is 12.1 Å². The van der Waals surface area contributed by atoms with Crippen LogP contribution in [-0.2, 0) is 27.4 Å². The zero-order valence-electron chi connectivity index (χ0n) is 15.5. The summed E-state index contributed by atoms with van der Waals surface area (Å²) in [4.78, 5) is 38.7. The van der Waals surface area contributed by atoms with Crippen LogP contribution < -0.4 is 5.63 Å². The topological polar surface area (TPSA) is 147 Å². The minimum atomic E-state index is -2.63. The Labute approximate surface area is 169 Å². The largest absolute Gasteiger partial charge is 0.508 e. The van der Waals surface area contributed by atoms with Crippen LogP contribution in [0.5, 0.6) is 5.75 Å². The molecule has 0 aliphatic heterocycles. The van der Waals surface area contributed by atoms with Gasteiger partial charge in [0.05, 0.1) is 0 Å². The van der Waals surface area contributed by atoms with Gasteiger partial charge in [-0.2, -0.15) is 0 Å². The number of fused-ring (bicyclic) bond motifs is 1. The lowest BCUT2D eigenvalue weighted by atomic mass is 9.90. The first kappa shape index (κ1) is 20.6. The highest BCUT2D eigenvalue weighted by Gasteiger charge is 2.47. The smallest absolute Gasteiger partial charge is 0.343 e. The molecule has 1 heterocycles. The van der Waals surface area contributed by atoms with Crippen LogP contribution in [0.1, 0.15) is 11.1 Å². The SMILES string of the molecule is O=C(O)C(Cc1cc2ccc(=O)oc2cc1O)(N=COCc1ccccc1)C(=O)O. The van der Waals surface area contributed by atoms with Gasteiger partial charge in [0.25, 0.3) is 5.54 Å². The lowest BCUT2D eigenvalue weighted by molar-refractivity contribution is -0.156. The van der Waals surface area contributed by atoms with E-state index in [4.69, 9.17) is 9.15 Å². The molecule has 0 saturated heterocycles. The highest BCUT2D eigenvalue weighted by atomic mass is 16.5. The number of carboxylic acid groups (broad SMARTS) is 2. The van der Waals surface area contributed by atoms with Crippen LogP contribution in [0.3, 0.4) is 0 Å². The van der Waals surface area contributed by atoms with Crippen molar-refractivity contribution >= 4 is 29.3 Å². The third-order valence-electron chi connectivity index (χ3n) is 4.41. The maximum absolute atomic E-state index is 11.9. The summed E-state index contributed by atoms with van der Waals surface area (Å²) < 4.78 is 10.1. The molecule has 0 aliphatic rings. The van der Waals surface area contributed by atoms with E-state index in [1.807, 2.05) is 6.07 Å². The second-order valence-electron chi connectivity index (χ2n) is 6.45. The lowest BCUT2D eigenvalue weighted by Crippen LogP contribution is -2.47. The van der Waals surface area contributed by atoms with Crippen molar-refractivity contribution in [2.45, 2.75) is 18.6 Å². The molecule has 3 aromatic rings. The van der Waals surface area contributed by atoms with Gasteiger partial charge >= 0.3 is 17.6 Å². The number of rotatable bonds is 8. The summed E-state index contributed by atoms with van der Waals surface area (Å²) in [5.74, 6) is -3.88. The second kappa shape index (κ2) is 8.48. The van der Waals surface area contributed by atoms with Crippen molar-refractivity contribution < 1.29 is 34.1 Å². The molecule has 1 aromatic heterocycles. The van der Waals surface area contributed by atoms with E-state index in [0.717, 1.165) is 24.1 Å². The van der Waals surface area contributed by atoms with Crippen LogP contribution in [0.15, 0.2) is 68.8 Å². The third kappa shape index (κ3) is 4.30. The van der Waals surface area contributed by atoms with Gasteiger partial charge in [0.2, 0.25) is 0 Å².